The van der Waals surface area contributed by atoms with Crippen LogP contribution in [0.5, 0.6) is 11.5 Å². The van der Waals surface area contributed by atoms with Crippen LogP contribution >= 0.6 is 11.8 Å². The molecule has 1 aliphatic rings. The number of ether oxygens (including phenoxy) is 2. The Morgan fingerprint density at radius 3 is 2.38 bits per heavy atom. The SMILES string of the molecule is O=C(CSc1ccc2c(c1)OCCO2)NCc1ccc(NC(=O)c2ccc(F)cc2)cc1. The quantitative estimate of drug-likeness (QED) is 0.524. The summed E-state index contributed by atoms with van der Waals surface area (Å²) in [6, 6.07) is 18.2. The molecule has 164 valence electrons. The molecule has 6 nitrogen and oxygen atoms in total. The van der Waals surface area contributed by atoms with Crippen molar-refractivity contribution in [2.45, 2.75) is 11.4 Å². The lowest BCUT2D eigenvalue weighted by molar-refractivity contribution is -0.118. The molecule has 0 unspecified atom stereocenters. The van der Waals surface area contributed by atoms with Crippen molar-refractivity contribution < 1.29 is 23.5 Å². The molecule has 0 saturated heterocycles. The predicted octanol–water partition coefficient (Wildman–Crippen LogP) is 4.26. The van der Waals surface area contributed by atoms with Crippen LogP contribution in [0.3, 0.4) is 0 Å². The number of fused-ring (bicyclic) bond motifs is 1. The summed E-state index contributed by atoms with van der Waals surface area (Å²) in [4.78, 5) is 25.3. The third-order valence-electron chi connectivity index (χ3n) is 4.69. The van der Waals surface area contributed by atoms with E-state index < -0.39 is 5.82 Å². The van der Waals surface area contributed by atoms with Crippen molar-refractivity contribution in [1.82, 2.24) is 5.32 Å². The summed E-state index contributed by atoms with van der Waals surface area (Å²) in [6.07, 6.45) is 0. The molecule has 1 aliphatic heterocycles. The Kier molecular flexibility index (Phi) is 6.91. The van der Waals surface area contributed by atoms with Gasteiger partial charge in [-0.3, -0.25) is 9.59 Å². The van der Waals surface area contributed by atoms with Gasteiger partial charge in [0, 0.05) is 22.7 Å². The number of amides is 2. The molecule has 0 radical (unpaired) electrons. The van der Waals surface area contributed by atoms with Crippen molar-refractivity contribution >= 4 is 29.3 Å². The molecule has 4 rings (SSSR count). The fraction of sp³-hybridized carbons (Fsp3) is 0.167. The van der Waals surface area contributed by atoms with Crippen LogP contribution in [-0.2, 0) is 11.3 Å². The number of carbonyl (C=O) groups excluding carboxylic acids is 2. The molecule has 32 heavy (non-hydrogen) atoms. The first-order valence-corrected chi connectivity index (χ1v) is 11.0. The number of rotatable bonds is 7. The van der Waals surface area contributed by atoms with Gasteiger partial charge in [-0.15, -0.1) is 11.8 Å². The van der Waals surface area contributed by atoms with Gasteiger partial charge >= 0.3 is 0 Å². The third-order valence-corrected chi connectivity index (χ3v) is 5.69. The average molecular weight is 453 g/mol. The lowest BCUT2D eigenvalue weighted by atomic mass is 10.2. The third kappa shape index (κ3) is 5.79. The molecule has 8 heteroatoms. The molecular weight excluding hydrogens is 431 g/mol. The van der Waals surface area contributed by atoms with Gasteiger partial charge in [-0.25, -0.2) is 4.39 Å². The molecule has 0 spiro atoms. The van der Waals surface area contributed by atoms with Crippen LogP contribution in [0.25, 0.3) is 0 Å². The monoisotopic (exact) mass is 452 g/mol. The summed E-state index contributed by atoms with van der Waals surface area (Å²) in [5.41, 5.74) is 1.89. The maximum atomic E-state index is 13.0. The maximum Gasteiger partial charge on any atom is 0.255 e. The molecule has 3 aromatic carbocycles. The zero-order valence-electron chi connectivity index (χ0n) is 17.1. The Morgan fingerprint density at radius 1 is 0.906 bits per heavy atom. The van der Waals surface area contributed by atoms with Gasteiger partial charge in [-0.2, -0.15) is 0 Å². The first-order valence-electron chi connectivity index (χ1n) is 10.0. The van der Waals surface area contributed by atoms with Crippen molar-refractivity contribution in [3.63, 3.8) is 0 Å². The van der Waals surface area contributed by atoms with E-state index in [0.717, 1.165) is 16.2 Å². The van der Waals surface area contributed by atoms with E-state index in [1.807, 2.05) is 30.3 Å². The largest absolute Gasteiger partial charge is 0.486 e. The first kappa shape index (κ1) is 21.7. The second-order valence-corrected chi connectivity index (χ2v) is 8.08. The average Bonchev–Trinajstić information content (AvgIpc) is 2.82. The standard InChI is InChI=1S/C24H21FN2O4S/c25-18-5-3-17(4-6-18)24(29)27-19-7-1-16(2-8-19)14-26-23(28)15-32-20-9-10-21-22(13-20)31-12-11-30-21/h1-10,13H,11-12,14-15H2,(H,26,28)(H,27,29). The van der Waals surface area contributed by atoms with Crippen LogP contribution in [-0.4, -0.2) is 30.8 Å². The number of hydrogen-bond donors (Lipinski definition) is 2. The fourth-order valence-electron chi connectivity index (χ4n) is 3.02. The van der Waals surface area contributed by atoms with Gasteiger partial charge in [0.05, 0.1) is 5.75 Å². The van der Waals surface area contributed by atoms with E-state index in [4.69, 9.17) is 9.47 Å². The normalized spacial score (nSPS) is 12.2. The Balaban J connectivity index is 1.23. The Hall–Kier alpha value is -3.52. The Labute approximate surface area is 189 Å². The first-order chi connectivity index (χ1) is 15.6. The number of anilines is 1. The molecule has 0 atom stereocenters. The smallest absolute Gasteiger partial charge is 0.255 e. The summed E-state index contributed by atoms with van der Waals surface area (Å²) in [7, 11) is 0. The number of nitrogens with one attached hydrogen (secondary N) is 2. The fourth-order valence-corrected chi connectivity index (χ4v) is 3.78. The van der Waals surface area contributed by atoms with Gasteiger partial charge in [-0.1, -0.05) is 12.1 Å². The molecule has 3 aromatic rings. The van der Waals surface area contributed by atoms with Gasteiger partial charge in [0.15, 0.2) is 11.5 Å². The second kappa shape index (κ2) is 10.2. The van der Waals surface area contributed by atoms with E-state index in [1.165, 1.54) is 36.0 Å². The Bertz CT molecular complexity index is 1100. The van der Waals surface area contributed by atoms with Crippen molar-refractivity contribution in [3.05, 3.63) is 83.7 Å². The van der Waals surface area contributed by atoms with Crippen molar-refractivity contribution in [3.8, 4) is 11.5 Å². The van der Waals surface area contributed by atoms with Gasteiger partial charge in [0.2, 0.25) is 5.91 Å². The minimum Gasteiger partial charge on any atom is -0.486 e. The second-order valence-electron chi connectivity index (χ2n) is 7.03. The van der Waals surface area contributed by atoms with Gasteiger partial charge < -0.3 is 20.1 Å². The minimum atomic E-state index is -0.391. The van der Waals surface area contributed by atoms with Gasteiger partial charge in [-0.05, 0) is 60.2 Å². The molecule has 0 aliphatic carbocycles. The lowest BCUT2D eigenvalue weighted by Gasteiger charge is -2.18. The highest BCUT2D eigenvalue weighted by atomic mass is 32.2. The minimum absolute atomic E-state index is 0.0846. The summed E-state index contributed by atoms with van der Waals surface area (Å²) in [5, 5.41) is 5.64. The van der Waals surface area contributed by atoms with E-state index in [0.29, 0.717) is 36.8 Å². The highest BCUT2D eigenvalue weighted by Crippen LogP contribution is 2.34. The van der Waals surface area contributed by atoms with Crippen LogP contribution in [0.2, 0.25) is 0 Å². The van der Waals surface area contributed by atoms with Crippen LogP contribution in [0, 0.1) is 5.82 Å². The summed E-state index contributed by atoms with van der Waals surface area (Å²) < 4.78 is 24.0. The molecule has 2 amide bonds. The molecule has 0 aromatic heterocycles. The summed E-state index contributed by atoms with van der Waals surface area (Å²) in [6.45, 7) is 1.45. The van der Waals surface area contributed by atoms with Gasteiger partial charge in [0.25, 0.3) is 5.91 Å². The topological polar surface area (TPSA) is 76.7 Å². The van der Waals surface area contributed by atoms with E-state index in [9.17, 15) is 14.0 Å². The summed E-state index contributed by atoms with van der Waals surface area (Å²) in [5.74, 6) is 0.917. The summed E-state index contributed by atoms with van der Waals surface area (Å²) >= 11 is 1.43. The number of thioether (sulfide) groups is 1. The van der Waals surface area contributed by atoms with E-state index in [-0.39, 0.29) is 17.6 Å². The van der Waals surface area contributed by atoms with Crippen LogP contribution < -0.4 is 20.1 Å². The van der Waals surface area contributed by atoms with Crippen molar-refractivity contribution in [1.29, 1.82) is 0 Å². The van der Waals surface area contributed by atoms with Crippen LogP contribution in [0.1, 0.15) is 15.9 Å². The van der Waals surface area contributed by atoms with E-state index >= 15 is 0 Å². The predicted molar refractivity (Wildman–Crippen MR) is 121 cm³/mol. The highest BCUT2D eigenvalue weighted by Gasteiger charge is 2.12. The van der Waals surface area contributed by atoms with E-state index in [1.54, 1.807) is 12.1 Å². The number of halogens is 1. The van der Waals surface area contributed by atoms with Crippen LogP contribution in [0.15, 0.2) is 71.6 Å². The van der Waals surface area contributed by atoms with E-state index in [2.05, 4.69) is 10.6 Å². The van der Waals surface area contributed by atoms with Crippen molar-refractivity contribution in [2.24, 2.45) is 0 Å². The number of hydrogen-bond acceptors (Lipinski definition) is 5. The highest BCUT2D eigenvalue weighted by molar-refractivity contribution is 8.00. The molecule has 0 bridgehead atoms. The number of carbonyl (C=O) groups is 2. The van der Waals surface area contributed by atoms with Gasteiger partial charge in [0.1, 0.15) is 19.0 Å². The Morgan fingerprint density at radius 2 is 1.62 bits per heavy atom. The molecular formula is C24H21FN2O4S. The molecule has 0 fully saturated rings. The van der Waals surface area contributed by atoms with Crippen molar-refractivity contribution in [2.75, 3.05) is 24.3 Å². The molecule has 2 N–H and O–H groups in total. The molecule has 1 heterocycles. The zero-order chi connectivity index (χ0) is 22.3. The zero-order valence-corrected chi connectivity index (χ0v) is 17.9. The number of benzene rings is 3. The lowest BCUT2D eigenvalue weighted by Crippen LogP contribution is -2.24. The van der Waals surface area contributed by atoms with Crippen LogP contribution in [0.4, 0.5) is 10.1 Å². The molecule has 0 saturated carbocycles. The maximum absolute atomic E-state index is 13.0.